The van der Waals surface area contributed by atoms with E-state index in [2.05, 4.69) is 17.1 Å². The molecule has 0 aliphatic heterocycles. The molecule has 1 heterocycles. The normalized spacial score (nSPS) is 35.2. The Morgan fingerprint density at radius 2 is 2.13 bits per heavy atom. The predicted octanol–water partition coefficient (Wildman–Crippen LogP) is 2.46. The van der Waals surface area contributed by atoms with Crippen LogP contribution in [0.25, 0.3) is 0 Å². The number of nitrogens with two attached hydrogens (primary N) is 1. The molecule has 1 aromatic rings. The van der Waals surface area contributed by atoms with Crippen molar-refractivity contribution in [2.75, 3.05) is 0 Å². The zero-order valence-corrected chi connectivity index (χ0v) is 9.83. The molecular formula is C11H17N3S. The zero-order chi connectivity index (χ0) is 10.4. The molecule has 3 unspecified atom stereocenters. The monoisotopic (exact) mass is 223 g/mol. The summed E-state index contributed by atoms with van der Waals surface area (Å²) in [4.78, 5) is 0. The fourth-order valence-electron chi connectivity index (χ4n) is 2.89. The zero-order valence-electron chi connectivity index (χ0n) is 9.02. The number of rotatable bonds is 3. The van der Waals surface area contributed by atoms with Crippen LogP contribution >= 0.6 is 11.3 Å². The second kappa shape index (κ2) is 3.52. The highest BCUT2D eigenvalue weighted by Gasteiger charge is 2.54. The van der Waals surface area contributed by atoms with Gasteiger partial charge < -0.3 is 5.73 Å². The molecule has 2 saturated carbocycles. The van der Waals surface area contributed by atoms with Gasteiger partial charge in [0.25, 0.3) is 0 Å². The third-order valence-electron chi connectivity index (χ3n) is 3.90. The lowest BCUT2D eigenvalue weighted by molar-refractivity contribution is 0.666. The summed E-state index contributed by atoms with van der Waals surface area (Å²) in [6.07, 6.45) is 5.19. The Morgan fingerprint density at radius 3 is 2.80 bits per heavy atom. The van der Waals surface area contributed by atoms with Gasteiger partial charge >= 0.3 is 0 Å². The first kappa shape index (κ1) is 9.73. The van der Waals surface area contributed by atoms with Gasteiger partial charge in [0.2, 0.25) is 0 Å². The third kappa shape index (κ3) is 1.51. The van der Waals surface area contributed by atoms with Gasteiger partial charge in [-0.2, -0.15) is 0 Å². The molecule has 1 aromatic heterocycles. The van der Waals surface area contributed by atoms with E-state index in [0.717, 1.165) is 29.2 Å². The van der Waals surface area contributed by atoms with Crippen LogP contribution in [-0.4, -0.2) is 10.2 Å². The molecule has 3 atom stereocenters. The van der Waals surface area contributed by atoms with E-state index >= 15 is 0 Å². The van der Waals surface area contributed by atoms with Crippen LogP contribution in [0.2, 0.25) is 0 Å². The summed E-state index contributed by atoms with van der Waals surface area (Å²) >= 11 is 1.75. The van der Waals surface area contributed by atoms with Crippen LogP contribution in [-0.2, 0) is 0 Å². The van der Waals surface area contributed by atoms with Crippen molar-refractivity contribution in [1.82, 2.24) is 10.2 Å². The van der Waals surface area contributed by atoms with Crippen LogP contribution in [0.15, 0.2) is 0 Å². The summed E-state index contributed by atoms with van der Waals surface area (Å²) < 4.78 is 0. The maximum Gasteiger partial charge on any atom is 0.134 e. The van der Waals surface area contributed by atoms with Crippen molar-refractivity contribution in [3.63, 3.8) is 0 Å². The van der Waals surface area contributed by atoms with E-state index in [4.69, 9.17) is 5.73 Å². The SMILES string of the molecule is CCC(N)c1nnc(C2C3CCCC32)s1. The third-order valence-corrected chi connectivity index (χ3v) is 5.06. The quantitative estimate of drug-likeness (QED) is 0.856. The van der Waals surface area contributed by atoms with Crippen molar-refractivity contribution in [1.29, 1.82) is 0 Å². The van der Waals surface area contributed by atoms with E-state index in [9.17, 15) is 0 Å². The Balaban J connectivity index is 1.75. The summed E-state index contributed by atoms with van der Waals surface area (Å²) in [5.74, 6) is 2.61. The molecule has 3 rings (SSSR count). The molecule has 3 nitrogen and oxygen atoms in total. The average molecular weight is 223 g/mol. The van der Waals surface area contributed by atoms with Gasteiger partial charge in [0.15, 0.2) is 0 Å². The maximum absolute atomic E-state index is 5.95. The molecule has 4 heteroatoms. The molecule has 0 spiro atoms. The van der Waals surface area contributed by atoms with Gasteiger partial charge in [-0.05, 0) is 31.1 Å². The predicted molar refractivity (Wildman–Crippen MR) is 60.7 cm³/mol. The topological polar surface area (TPSA) is 51.8 Å². The molecule has 2 aliphatic rings. The lowest BCUT2D eigenvalue weighted by Crippen LogP contribution is -2.07. The van der Waals surface area contributed by atoms with E-state index < -0.39 is 0 Å². The van der Waals surface area contributed by atoms with E-state index in [1.807, 2.05) is 0 Å². The van der Waals surface area contributed by atoms with Crippen LogP contribution < -0.4 is 5.73 Å². The molecule has 2 aliphatic carbocycles. The highest BCUT2D eigenvalue weighted by atomic mass is 32.1. The van der Waals surface area contributed by atoms with E-state index in [1.165, 1.54) is 24.3 Å². The molecule has 2 fully saturated rings. The minimum Gasteiger partial charge on any atom is -0.322 e. The number of fused-ring (bicyclic) bond motifs is 1. The van der Waals surface area contributed by atoms with Crippen LogP contribution in [0, 0.1) is 11.8 Å². The number of hydrogen-bond acceptors (Lipinski definition) is 4. The first-order chi connectivity index (χ1) is 7.31. The van der Waals surface area contributed by atoms with Gasteiger partial charge in [0, 0.05) is 5.92 Å². The molecule has 15 heavy (non-hydrogen) atoms. The first-order valence-electron chi connectivity index (χ1n) is 5.90. The summed E-state index contributed by atoms with van der Waals surface area (Å²) in [6, 6.07) is 0.0924. The Hall–Kier alpha value is -0.480. The van der Waals surface area contributed by atoms with E-state index in [-0.39, 0.29) is 6.04 Å². The van der Waals surface area contributed by atoms with Crippen LogP contribution in [0.1, 0.15) is 54.6 Å². The van der Waals surface area contributed by atoms with Crippen molar-refractivity contribution in [3.05, 3.63) is 10.0 Å². The Labute approximate surface area is 94.1 Å². The Bertz CT molecular complexity index is 352. The lowest BCUT2D eigenvalue weighted by Gasteiger charge is -2.01. The molecule has 0 saturated heterocycles. The van der Waals surface area contributed by atoms with E-state index in [1.54, 1.807) is 11.3 Å². The maximum atomic E-state index is 5.95. The highest BCUT2D eigenvalue weighted by Crippen LogP contribution is 2.63. The van der Waals surface area contributed by atoms with Crippen LogP contribution in [0.3, 0.4) is 0 Å². The van der Waals surface area contributed by atoms with Crippen molar-refractivity contribution in [2.24, 2.45) is 17.6 Å². The molecule has 0 amide bonds. The smallest absolute Gasteiger partial charge is 0.134 e. The Kier molecular flexibility index (Phi) is 2.29. The van der Waals surface area contributed by atoms with Gasteiger partial charge in [0.1, 0.15) is 10.0 Å². The van der Waals surface area contributed by atoms with Crippen molar-refractivity contribution >= 4 is 11.3 Å². The van der Waals surface area contributed by atoms with Crippen LogP contribution in [0.4, 0.5) is 0 Å². The second-order valence-corrected chi connectivity index (χ2v) is 5.82. The fourth-order valence-corrected chi connectivity index (χ4v) is 4.07. The number of nitrogens with zero attached hydrogens (tertiary/aromatic N) is 2. The van der Waals surface area contributed by atoms with E-state index in [0.29, 0.717) is 0 Å². The first-order valence-corrected chi connectivity index (χ1v) is 6.71. The number of aromatic nitrogens is 2. The van der Waals surface area contributed by atoms with Gasteiger partial charge in [-0.25, -0.2) is 0 Å². The van der Waals surface area contributed by atoms with Crippen molar-refractivity contribution < 1.29 is 0 Å². The summed E-state index contributed by atoms with van der Waals surface area (Å²) in [7, 11) is 0. The largest absolute Gasteiger partial charge is 0.322 e. The molecule has 0 radical (unpaired) electrons. The van der Waals surface area contributed by atoms with Gasteiger partial charge in [-0.1, -0.05) is 24.7 Å². The average Bonchev–Trinajstić information content (AvgIpc) is 2.74. The van der Waals surface area contributed by atoms with Crippen LogP contribution in [0.5, 0.6) is 0 Å². The van der Waals surface area contributed by atoms with Crippen molar-refractivity contribution in [2.45, 2.75) is 44.6 Å². The number of hydrogen-bond donors (Lipinski definition) is 1. The standard InChI is InChI=1S/C11H17N3S/c1-2-8(12)10-13-14-11(15-10)9-6-4-3-5-7(6)9/h6-9H,2-5,12H2,1H3. The second-order valence-electron chi connectivity index (χ2n) is 4.78. The lowest BCUT2D eigenvalue weighted by atomic mass is 10.1. The summed E-state index contributed by atoms with van der Waals surface area (Å²) in [5.41, 5.74) is 5.95. The van der Waals surface area contributed by atoms with Gasteiger partial charge in [-0.15, -0.1) is 10.2 Å². The highest BCUT2D eigenvalue weighted by molar-refractivity contribution is 7.11. The molecule has 0 bridgehead atoms. The minimum absolute atomic E-state index is 0.0924. The molecule has 0 aromatic carbocycles. The summed E-state index contributed by atoms with van der Waals surface area (Å²) in [6.45, 7) is 2.09. The molecule has 2 N–H and O–H groups in total. The molecule has 82 valence electrons. The van der Waals surface area contributed by atoms with Crippen molar-refractivity contribution in [3.8, 4) is 0 Å². The summed E-state index contributed by atoms with van der Waals surface area (Å²) in [5, 5.41) is 10.8. The fraction of sp³-hybridized carbons (Fsp3) is 0.818. The Morgan fingerprint density at radius 1 is 1.40 bits per heavy atom. The van der Waals surface area contributed by atoms with Gasteiger partial charge in [0.05, 0.1) is 6.04 Å². The van der Waals surface area contributed by atoms with Gasteiger partial charge in [-0.3, -0.25) is 0 Å². The minimum atomic E-state index is 0.0924. The molecular weight excluding hydrogens is 206 g/mol.